The maximum atomic E-state index is 13.6. The molecule has 0 fully saturated rings. The Morgan fingerprint density at radius 2 is 2.33 bits per heavy atom. The van der Waals surface area contributed by atoms with Crippen molar-refractivity contribution < 1.29 is 14.3 Å². The van der Waals surface area contributed by atoms with Crippen LogP contribution in [0.2, 0.25) is 0 Å². The fourth-order valence-corrected chi connectivity index (χ4v) is 1.48. The third-order valence-corrected chi connectivity index (χ3v) is 2.39. The highest BCUT2D eigenvalue weighted by molar-refractivity contribution is 5.86. The van der Waals surface area contributed by atoms with Gasteiger partial charge in [0.05, 0.1) is 29.9 Å². The highest BCUT2D eigenvalue weighted by atomic mass is 19.1. The molecule has 1 aromatic carbocycles. The largest absolute Gasteiger partial charge is 0.478 e. The van der Waals surface area contributed by atoms with Gasteiger partial charge in [0.15, 0.2) is 0 Å². The second-order valence-electron chi connectivity index (χ2n) is 3.65. The molecule has 90 valence electrons. The summed E-state index contributed by atoms with van der Waals surface area (Å²) in [4.78, 5) is 10.7. The van der Waals surface area contributed by atoms with Gasteiger partial charge in [-0.15, -0.1) is 0 Å². The van der Waals surface area contributed by atoms with Gasteiger partial charge in [-0.2, -0.15) is 10.4 Å². The molecular weight excluding hydrogens is 237 g/mol. The molecule has 1 N–H and O–H groups in total. The summed E-state index contributed by atoms with van der Waals surface area (Å²) in [5.74, 6) is -1.59. The van der Waals surface area contributed by atoms with Crippen molar-refractivity contribution >= 4 is 5.97 Å². The van der Waals surface area contributed by atoms with Gasteiger partial charge in [0, 0.05) is 11.8 Å². The normalized spacial score (nSPS) is 10.0. The minimum Gasteiger partial charge on any atom is -0.478 e. The fraction of sp³-hybridized carbons (Fsp3) is 0.0833. The van der Waals surface area contributed by atoms with Gasteiger partial charge in [-0.25, -0.2) is 9.18 Å². The van der Waals surface area contributed by atoms with Crippen molar-refractivity contribution in [2.45, 2.75) is 6.54 Å². The second-order valence-corrected chi connectivity index (χ2v) is 3.65. The first-order valence-electron chi connectivity index (χ1n) is 5.04. The maximum Gasteiger partial charge on any atom is 0.338 e. The Morgan fingerprint density at radius 3 is 2.89 bits per heavy atom. The molecular formula is C12H8FN3O2. The van der Waals surface area contributed by atoms with Gasteiger partial charge < -0.3 is 5.11 Å². The Labute approximate surface area is 102 Å². The first-order chi connectivity index (χ1) is 8.60. The van der Waals surface area contributed by atoms with Gasteiger partial charge in [0.1, 0.15) is 5.82 Å². The molecule has 0 aliphatic rings. The molecule has 0 aliphatic carbocycles. The molecule has 0 bridgehead atoms. The number of rotatable bonds is 3. The number of hydrogen-bond acceptors (Lipinski definition) is 3. The van der Waals surface area contributed by atoms with Gasteiger partial charge in [0.25, 0.3) is 0 Å². The van der Waals surface area contributed by atoms with Crippen LogP contribution in [0.15, 0.2) is 30.6 Å². The van der Waals surface area contributed by atoms with Crippen molar-refractivity contribution in [3.05, 3.63) is 53.1 Å². The number of carboxylic acid groups (broad SMARTS) is 1. The van der Waals surface area contributed by atoms with Crippen LogP contribution in [0.4, 0.5) is 4.39 Å². The SMILES string of the molecule is N#Cc1ccc(Cn2cc(C(=O)O)cn2)c(F)c1. The topological polar surface area (TPSA) is 78.9 Å². The van der Waals surface area contributed by atoms with Crippen LogP contribution in [-0.2, 0) is 6.54 Å². The Bertz CT molecular complexity index is 643. The fourth-order valence-electron chi connectivity index (χ4n) is 1.48. The first-order valence-corrected chi connectivity index (χ1v) is 5.04. The molecule has 0 saturated carbocycles. The minimum absolute atomic E-state index is 0.0454. The van der Waals surface area contributed by atoms with E-state index in [1.807, 2.05) is 6.07 Å². The molecule has 0 aliphatic heterocycles. The van der Waals surface area contributed by atoms with E-state index in [1.54, 1.807) is 0 Å². The Morgan fingerprint density at radius 1 is 1.56 bits per heavy atom. The van der Waals surface area contributed by atoms with Gasteiger partial charge in [-0.3, -0.25) is 4.68 Å². The van der Waals surface area contributed by atoms with Crippen LogP contribution < -0.4 is 0 Å². The summed E-state index contributed by atoms with van der Waals surface area (Å²) in [6.45, 7) is 0.116. The zero-order valence-electron chi connectivity index (χ0n) is 9.17. The van der Waals surface area contributed by atoms with Crippen molar-refractivity contribution in [2.75, 3.05) is 0 Å². The average molecular weight is 245 g/mol. The van der Waals surface area contributed by atoms with E-state index in [1.165, 1.54) is 29.2 Å². The lowest BCUT2D eigenvalue weighted by Crippen LogP contribution is -2.03. The zero-order chi connectivity index (χ0) is 13.1. The smallest absolute Gasteiger partial charge is 0.338 e. The van der Waals surface area contributed by atoms with E-state index in [2.05, 4.69) is 5.10 Å². The molecule has 0 spiro atoms. The molecule has 0 radical (unpaired) electrons. The molecule has 2 aromatic rings. The number of carbonyl (C=O) groups is 1. The van der Waals surface area contributed by atoms with Crippen LogP contribution in [0.1, 0.15) is 21.5 Å². The van der Waals surface area contributed by atoms with Crippen molar-refractivity contribution in [2.24, 2.45) is 0 Å². The minimum atomic E-state index is -1.08. The van der Waals surface area contributed by atoms with E-state index >= 15 is 0 Å². The Kier molecular flexibility index (Phi) is 3.06. The second kappa shape index (κ2) is 4.67. The van der Waals surface area contributed by atoms with Gasteiger partial charge in [-0.1, -0.05) is 6.07 Å². The summed E-state index contributed by atoms with van der Waals surface area (Å²) in [6, 6.07) is 5.96. The van der Waals surface area contributed by atoms with Crippen LogP contribution in [0, 0.1) is 17.1 Å². The standard InChI is InChI=1S/C12H8FN3O2/c13-11-3-8(4-14)1-2-9(11)6-16-7-10(5-15-16)12(17)18/h1-3,5,7H,6H2,(H,17,18). The summed E-state index contributed by atoms with van der Waals surface area (Å²) in [5, 5.41) is 21.2. The number of nitrogens with zero attached hydrogens (tertiary/aromatic N) is 3. The summed E-state index contributed by atoms with van der Waals surface area (Å²) < 4.78 is 14.9. The number of halogens is 1. The maximum absolute atomic E-state index is 13.6. The Balaban J connectivity index is 2.23. The van der Waals surface area contributed by atoms with Crippen molar-refractivity contribution in [3.63, 3.8) is 0 Å². The quantitative estimate of drug-likeness (QED) is 0.891. The van der Waals surface area contributed by atoms with E-state index in [4.69, 9.17) is 10.4 Å². The van der Waals surface area contributed by atoms with Crippen LogP contribution >= 0.6 is 0 Å². The van der Waals surface area contributed by atoms with Gasteiger partial charge in [0.2, 0.25) is 0 Å². The Hall–Kier alpha value is -2.68. The number of benzene rings is 1. The lowest BCUT2D eigenvalue weighted by molar-refractivity contribution is 0.0697. The number of aromatic carboxylic acids is 1. The van der Waals surface area contributed by atoms with Crippen LogP contribution in [-0.4, -0.2) is 20.9 Å². The summed E-state index contributed by atoms with van der Waals surface area (Å²) in [7, 11) is 0. The molecule has 0 atom stereocenters. The number of aromatic nitrogens is 2. The predicted molar refractivity (Wildman–Crippen MR) is 59.4 cm³/mol. The third kappa shape index (κ3) is 2.35. The van der Waals surface area contributed by atoms with Crippen LogP contribution in [0.25, 0.3) is 0 Å². The summed E-state index contributed by atoms with van der Waals surface area (Å²) in [6.07, 6.45) is 2.52. The van der Waals surface area contributed by atoms with Crippen LogP contribution in [0.5, 0.6) is 0 Å². The molecule has 2 rings (SSSR count). The molecule has 6 heteroatoms. The lowest BCUT2D eigenvalue weighted by Gasteiger charge is -2.03. The molecule has 0 saturated heterocycles. The summed E-state index contributed by atoms with van der Waals surface area (Å²) >= 11 is 0. The van der Waals surface area contributed by atoms with E-state index in [9.17, 15) is 9.18 Å². The van der Waals surface area contributed by atoms with Gasteiger partial charge >= 0.3 is 5.97 Å². The highest BCUT2D eigenvalue weighted by Crippen LogP contribution is 2.11. The number of hydrogen-bond donors (Lipinski definition) is 1. The molecule has 1 heterocycles. The van der Waals surface area contributed by atoms with Crippen molar-refractivity contribution in [1.82, 2.24) is 9.78 Å². The summed E-state index contributed by atoms with van der Waals surface area (Å²) in [5.41, 5.74) is 0.626. The monoisotopic (exact) mass is 245 g/mol. The number of carboxylic acids is 1. The predicted octanol–water partition coefficient (Wildman–Crippen LogP) is 1.64. The highest BCUT2D eigenvalue weighted by Gasteiger charge is 2.08. The molecule has 1 aromatic heterocycles. The average Bonchev–Trinajstić information content (AvgIpc) is 2.80. The molecule has 5 nitrogen and oxygen atoms in total. The van der Waals surface area contributed by atoms with Gasteiger partial charge in [-0.05, 0) is 12.1 Å². The number of nitriles is 1. The lowest BCUT2D eigenvalue weighted by atomic mass is 10.1. The van der Waals surface area contributed by atoms with Crippen LogP contribution in [0.3, 0.4) is 0 Å². The van der Waals surface area contributed by atoms with E-state index in [0.29, 0.717) is 5.56 Å². The van der Waals surface area contributed by atoms with Crippen molar-refractivity contribution in [3.8, 4) is 6.07 Å². The van der Waals surface area contributed by atoms with E-state index < -0.39 is 11.8 Å². The zero-order valence-corrected chi connectivity index (χ0v) is 9.17. The molecule has 0 amide bonds. The van der Waals surface area contributed by atoms with Crippen molar-refractivity contribution in [1.29, 1.82) is 5.26 Å². The third-order valence-electron chi connectivity index (χ3n) is 2.39. The molecule has 0 unspecified atom stereocenters. The molecule has 18 heavy (non-hydrogen) atoms. The van der Waals surface area contributed by atoms with E-state index in [0.717, 1.165) is 6.07 Å². The first kappa shape index (κ1) is 11.8. The van der Waals surface area contributed by atoms with E-state index in [-0.39, 0.29) is 17.7 Å².